The van der Waals surface area contributed by atoms with Gasteiger partial charge in [-0.3, -0.25) is 4.98 Å². The molecule has 0 aliphatic heterocycles. The van der Waals surface area contributed by atoms with E-state index in [4.69, 9.17) is 4.74 Å². The van der Waals surface area contributed by atoms with Crippen molar-refractivity contribution in [3.8, 4) is 5.75 Å². The van der Waals surface area contributed by atoms with Gasteiger partial charge in [0.1, 0.15) is 11.9 Å². The number of hydrogen-bond acceptors (Lipinski definition) is 3. The van der Waals surface area contributed by atoms with E-state index in [-0.39, 0.29) is 17.6 Å². The molecule has 94 valence electrons. The Bertz CT molecular complexity index is 415. The number of pyridine rings is 1. The zero-order chi connectivity index (χ0) is 12.6. The Morgan fingerprint density at radius 1 is 1.47 bits per heavy atom. The van der Waals surface area contributed by atoms with Crippen molar-refractivity contribution < 1.29 is 9.84 Å². The van der Waals surface area contributed by atoms with Gasteiger partial charge in [-0.1, -0.05) is 20.8 Å². The second-order valence-electron chi connectivity index (χ2n) is 5.43. The van der Waals surface area contributed by atoms with Crippen molar-refractivity contribution in [3.05, 3.63) is 23.5 Å². The van der Waals surface area contributed by atoms with Crippen LogP contribution in [0.1, 0.15) is 38.6 Å². The van der Waals surface area contributed by atoms with E-state index in [2.05, 4.69) is 11.9 Å². The Morgan fingerprint density at radius 2 is 2.18 bits per heavy atom. The Labute approximate surface area is 103 Å². The molecule has 1 aliphatic rings. The van der Waals surface area contributed by atoms with Gasteiger partial charge < -0.3 is 9.84 Å². The Balaban J connectivity index is 2.15. The summed E-state index contributed by atoms with van der Waals surface area (Å²) in [5, 5.41) is 9.70. The van der Waals surface area contributed by atoms with E-state index in [1.165, 1.54) is 0 Å². The Hall–Kier alpha value is -1.09. The summed E-state index contributed by atoms with van der Waals surface area (Å²) in [6, 6.07) is 3.96. The van der Waals surface area contributed by atoms with Crippen molar-refractivity contribution >= 4 is 0 Å². The molecule has 1 aromatic rings. The zero-order valence-corrected chi connectivity index (χ0v) is 11.0. The molecule has 17 heavy (non-hydrogen) atoms. The monoisotopic (exact) mass is 235 g/mol. The largest absolute Gasteiger partial charge is 0.488 e. The highest BCUT2D eigenvalue weighted by Gasteiger charge is 2.49. The smallest absolute Gasteiger partial charge is 0.141 e. The quantitative estimate of drug-likeness (QED) is 0.875. The third kappa shape index (κ3) is 2.16. The molecule has 1 saturated carbocycles. The van der Waals surface area contributed by atoms with Crippen molar-refractivity contribution in [2.45, 2.75) is 52.7 Å². The van der Waals surface area contributed by atoms with Gasteiger partial charge in [0.2, 0.25) is 0 Å². The molecule has 1 fully saturated rings. The molecule has 3 nitrogen and oxygen atoms in total. The van der Waals surface area contributed by atoms with Crippen LogP contribution in [0.25, 0.3) is 0 Å². The molecule has 2 rings (SSSR count). The third-order valence-corrected chi connectivity index (χ3v) is 3.80. The second kappa shape index (κ2) is 4.30. The SMILES string of the molecule is CCc1nc(C)ccc1OC1CC(O)C1(C)C. The molecule has 0 spiro atoms. The highest BCUT2D eigenvalue weighted by molar-refractivity contribution is 5.30. The first-order valence-electron chi connectivity index (χ1n) is 6.26. The highest BCUT2D eigenvalue weighted by atomic mass is 16.5. The van der Waals surface area contributed by atoms with Crippen LogP contribution in [0.15, 0.2) is 12.1 Å². The maximum Gasteiger partial charge on any atom is 0.141 e. The topological polar surface area (TPSA) is 42.4 Å². The fraction of sp³-hybridized carbons (Fsp3) is 0.643. The average molecular weight is 235 g/mol. The highest BCUT2D eigenvalue weighted by Crippen LogP contribution is 2.43. The first-order chi connectivity index (χ1) is 7.95. The summed E-state index contributed by atoms with van der Waals surface area (Å²) >= 11 is 0. The first-order valence-corrected chi connectivity index (χ1v) is 6.26. The Morgan fingerprint density at radius 3 is 2.71 bits per heavy atom. The number of rotatable bonds is 3. The van der Waals surface area contributed by atoms with Crippen LogP contribution in [-0.2, 0) is 6.42 Å². The lowest BCUT2D eigenvalue weighted by atomic mass is 9.66. The third-order valence-electron chi connectivity index (χ3n) is 3.80. The number of aromatic nitrogens is 1. The summed E-state index contributed by atoms with van der Waals surface area (Å²) < 4.78 is 5.99. The minimum Gasteiger partial charge on any atom is -0.488 e. The van der Waals surface area contributed by atoms with Crippen LogP contribution in [0.4, 0.5) is 0 Å². The van der Waals surface area contributed by atoms with Gasteiger partial charge in [-0.2, -0.15) is 0 Å². The van der Waals surface area contributed by atoms with Gasteiger partial charge in [0.05, 0.1) is 11.8 Å². The number of nitrogens with zero attached hydrogens (tertiary/aromatic N) is 1. The summed E-state index contributed by atoms with van der Waals surface area (Å²) in [5.41, 5.74) is 1.86. The van der Waals surface area contributed by atoms with Gasteiger partial charge >= 0.3 is 0 Å². The fourth-order valence-corrected chi connectivity index (χ4v) is 2.18. The maximum atomic E-state index is 9.70. The van der Waals surface area contributed by atoms with Gasteiger partial charge in [-0.15, -0.1) is 0 Å². The Kier molecular flexibility index (Phi) is 3.13. The predicted molar refractivity (Wildman–Crippen MR) is 67.2 cm³/mol. The van der Waals surface area contributed by atoms with E-state index in [1.807, 2.05) is 32.9 Å². The molecule has 1 heterocycles. The predicted octanol–water partition coefficient (Wildman–Crippen LogP) is 2.49. The van der Waals surface area contributed by atoms with E-state index in [9.17, 15) is 5.11 Å². The molecule has 2 unspecified atom stereocenters. The lowest BCUT2D eigenvalue weighted by Gasteiger charge is -2.48. The van der Waals surface area contributed by atoms with E-state index in [0.717, 1.165) is 23.6 Å². The summed E-state index contributed by atoms with van der Waals surface area (Å²) in [5.74, 6) is 0.864. The number of ether oxygens (including phenoxy) is 1. The molecule has 0 radical (unpaired) electrons. The minimum absolute atomic E-state index is 0.0901. The van der Waals surface area contributed by atoms with Gasteiger partial charge in [-0.25, -0.2) is 0 Å². The summed E-state index contributed by atoms with van der Waals surface area (Å²) in [6.07, 6.45) is 1.42. The summed E-state index contributed by atoms with van der Waals surface area (Å²) in [7, 11) is 0. The summed E-state index contributed by atoms with van der Waals surface area (Å²) in [6.45, 7) is 8.15. The van der Waals surface area contributed by atoms with Crippen LogP contribution in [-0.4, -0.2) is 22.3 Å². The van der Waals surface area contributed by atoms with Crippen LogP contribution in [0, 0.1) is 12.3 Å². The molecule has 0 aromatic carbocycles. The van der Waals surface area contributed by atoms with Gasteiger partial charge in [0, 0.05) is 17.5 Å². The van der Waals surface area contributed by atoms with Crippen molar-refractivity contribution in [2.75, 3.05) is 0 Å². The van der Waals surface area contributed by atoms with E-state index >= 15 is 0 Å². The number of aliphatic hydroxyl groups excluding tert-OH is 1. The van der Waals surface area contributed by atoms with Crippen LogP contribution >= 0.6 is 0 Å². The van der Waals surface area contributed by atoms with Crippen molar-refractivity contribution in [1.82, 2.24) is 4.98 Å². The minimum atomic E-state index is -0.254. The van der Waals surface area contributed by atoms with Crippen molar-refractivity contribution in [1.29, 1.82) is 0 Å². The standard InChI is InChI=1S/C14H21NO2/c1-5-10-11(7-6-9(2)15-10)17-13-8-12(16)14(13,3)4/h6-7,12-13,16H,5,8H2,1-4H3. The molecule has 1 N–H and O–H groups in total. The number of aliphatic hydroxyl groups is 1. The van der Waals surface area contributed by atoms with Crippen LogP contribution in [0.5, 0.6) is 5.75 Å². The molecule has 3 heteroatoms. The van der Waals surface area contributed by atoms with Crippen LogP contribution in [0.3, 0.4) is 0 Å². The van der Waals surface area contributed by atoms with E-state index in [0.29, 0.717) is 6.42 Å². The van der Waals surface area contributed by atoms with Crippen LogP contribution in [0.2, 0.25) is 0 Å². The number of hydrogen-bond donors (Lipinski definition) is 1. The fourth-order valence-electron chi connectivity index (χ4n) is 2.18. The van der Waals surface area contributed by atoms with Gasteiger partial charge in [0.25, 0.3) is 0 Å². The van der Waals surface area contributed by atoms with Crippen molar-refractivity contribution in [2.24, 2.45) is 5.41 Å². The molecular formula is C14H21NO2. The molecular weight excluding hydrogens is 214 g/mol. The van der Waals surface area contributed by atoms with Gasteiger partial charge in [-0.05, 0) is 25.5 Å². The normalized spacial score (nSPS) is 26.4. The molecule has 2 atom stereocenters. The number of aryl methyl sites for hydroxylation is 2. The van der Waals surface area contributed by atoms with E-state index < -0.39 is 0 Å². The molecule has 0 saturated heterocycles. The lowest BCUT2D eigenvalue weighted by Crippen LogP contribution is -2.56. The summed E-state index contributed by atoms with van der Waals surface area (Å²) in [4.78, 5) is 4.48. The van der Waals surface area contributed by atoms with Crippen molar-refractivity contribution in [3.63, 3.8) is 0 Å². The molecule has 0 amide bonds. The van der Waals surface area contributed by atoms with Gasteiger partial charge in [0.15, 0.2) is 0 Å². The average Bonchev–Trinajstić information content (AvgIpc) is 2.30. The zero-order valence-electron chi connectivity index (χ0n) is 11.0. The lowest BCUT2D eigenvalue weighted by molar-refractivity contribution is -0.134. The van der Waals surface area contributed by atoms with Crippen LogP contribution < -0.4 is 4.74 Å². The second-order valence-corrected chi connectivity index (χ2v) is 5.43. The molecule has 1 aromatic heterocycles. The molecule has 0 bridgehead atoms. The first kappa shape index (κ1) is 12.4. The van der Waals surface area contributed by atoms with E-state index in [1.54, 1.807) is 0 Å². The molecule has 1 aliphatic carbocycles. The maximum absolute atomic E-state index is 9.70.